The molecule has 0 saturated carbocycles. The average Bonchev–Trinajstić information content (AvgIpc) is 2.48. The molecular formula is C15H19N3O. The molecule has 0 aliphatic rings. The summed E-state index contributed by atoms with van der Waals surface area (Å²) < 4.78 is 5.36. The molecule has 0 saturated heterocycles. The minimum absolute atomic E-state index is 0.651. The summed E-state index contributed by atoms with van der Waals surface area (Å²) in [4.78, 5) is 9.04. The van der Waals surface area contributed by atoms with Gasteiger partial charge in [-0.25, -0.2) is 9.97 Å². The zero-order chi connectivity index (χ0) is 13.5. The van der Waals surface area contributed by atoms with Gasteiger partial charge in [-0.3, -0.25) is 0 Å². The predicted octanol–water partition coefficient (Wildman–Crippen LogP) is 2.76. The first kappa shape index (κ1) is 13.5. The van der Waals surface area contributed by atoms with Crippen molar-refractivity contribution in [2.75, 3.05) is 25.6 Å². The topological polar surface area (TPSA) is 47.0 Å². The highest BCUT2D eigenvalue weighted by Crippen LogP contribution is 2.19. The zero-order valence-corrected chi connectivity index (χ0v) is 11.4. The van der Waals surface area contributed by atoms with E-state index in [9.17, 15) is 0 Å². The van der Waals surface area contributed by atoms with Gasteiger partial charge in [-0.1, -0.05) is 30.3 Å². The predicted molar refractivity (Wildman–Crippen MR) is 77.2 cm³/mol. The Morgan fingerprint density at radius 3 is 2.63 bits per heavy atom. The molecule has 0 fully saturated rings. The SMILES string of the molecule is CCOCCc1nc(NC)cc(-c2ccccc2)n1. The number of aromatic nitrogens is 2. The lowest BCUT2D eigenvalue weighted by atomic mass is 10.1. The van der Waals surface area contributed by atoms with Gasteiger partial charge in [0.1, 0.15) is 11.6 Å². The quantitative estimate of drug-likeness (QED) is 0.808. The Balaban J connectivity index is 2.26. The summed E-state index contributed by atoms with van der Waals surface area (Å²) >= 11 is 0. The number of rotatable bonds is 6. The van der Waals surface area contributed by atoms with Crippen LogP contribution in [0.4, 0.5) is 5.82 Å². The normalized spacial score (nSPS) is 10.4. The third-order valence-corrected chi connectivity index (χ3v) is 2.77. The van der Waals surface area contributed by atoms with Crippen LogP contribution in [0.5, 0.6) is 0 Å². The molecule has 0 aliphatic heterocycles. The van der Waals surface area contributed by atoms with Gasteiger partial charge in [-0.2, -0.15) is 0 Å². The second kappa shape index (κ2) is 6.85. The van der Waals surface area contributed by atoms with Gasteiger partial charge >= 0.3 is 0 Å². The van der Waals surface area contributed by atoms with Crippen molar-refractivity contribution in [2.24, 2.45) is 0 Å². The largest absolute Gasteiger partial charge is 0.381 e. The monoisotopic (exact) mass is 257 g/mol. The zero-order valence-electron chi connectivity index (χ0n) is 11.4. The van der Waals surface area contributed by atoms with Crippen LogP contribution in [0.3, 0.4) is 0 Å². The van der Waals surface area contributed by atoms with Crippen molar-refractivity contribution in [3.8, 4) is 11.3 Å². The molecule has 0 radical (unpaired) electrons. The van der Waals surface area contributed by atoms with Crippen LogP contribution in [0.15, 0.2) is 36.4 Å². The minimum atomic E-state index is 0.651. The van der Waals surface area contributed by atoms with Crippen molar-refractivity contribution in [3.63, 3.8) is 0 Å². The third kappa shape index (κ3) is 3.76. The minimum Gasteiger partial charge on any atom is -0.381 e. The van der Waals surface area contributed by atoms with Crippen molar-refractivity contribution in [1.29, 1.82) is 0 Å². The van der Waals surface area contributed by atoms with Crippen LogP contribution < -0.4 is 5.32 Å². The van der Waals surface area contributed by atoms with Gasteiger partial charge in [0.25, 0.3) is 0 Å². The summed E-state index contributed by atoms with van der Waals surface area (Å²) in [5.41, 5.74) is 2.03. The first-order valence-electron chi connectivity index (χ1n) is 6.52. The van der Waals surface area contributed by atoms with Crippen LogP contribution in [0, 0.1) is 0 Å². The molecule has 0 aliphatic carbocycles. The van der Waals surface area contributed by atoms with Crippen LogP contribution in [-0.2, 0) is 11.2 Å². The van der Waals surface area contributed by atoms with E-state index >= 15 is 0 Å². The first-order valence-corrected chi connectivity index (χ1v) is 6.52. The van der Waals surface area contributed by atoms with Crippen molar-refractivity contribution >= 4 is 5.82 Å². The van der Waals surface area contributed by atoms with Gasteiger partial charge in [0.15, 0.2) is 0 Å². The molecule has 0 unspecified atom stereocenters. The molecule has 0 atom stereocenters. The van der Waals surface area contributed by atoms with E-state index in [2.05, 4.69) is 15.3 Å². The summed E-state index contributed by atoms with van der Waals surface area (Å²) in [5.74, 6) is 1.64. The lowest BCUT2D eigenvalue weighted by Crippen LogP contribution is -2.05. The molecule has 1 aromatic carbocycles. The molecule has 0 spiro atoms. The van der Waals surface area contributed by atoms with Crippen LogP contribution in [0.1, 0.15) is 12.7 Å². The number of hydrogen-bond acceptors (Lipinski definition) is 4. The highest BCUT2D eigenvalue weighted by atomic mass is 16.5. The Hall–Kier alpha value is -1.94. The average molecular weight is 257 g/mol. The molecule has 19 heavy (non-hydrogen) atoms. The Morgan fingerprint density at radius 2 is 1.95 bits per heavy atom. The summed E-state index contributed by atoms with van der Waals surface area (Å²) in [6.07, 6.45) is 0.725. The summed E-state index contributed by atoms with van der Waals surface area (Å²) in [6, 6.07) is 12.1. The Morgan fingerprint density at radius 1 is 1.16 bits per heavy atom. The summed E-state index contributed by atoms with van der Waals surface area (Å²) in [7, 11) is 1.86. The van der Waals surface area contributed by atoms with E-state index in [0.717, 1.165) is 35.9 Å². The van der Waals surface area contributed by atoms with E-state index in [1.807, 2.05) is 50.4 Å². The fourth-order valence-electron chi connectivity index (χ4n) is 1.80. The molecule has 4 nitrogen and oxygen atoms in total. The maximum absolute atomic E-state index is 5.36. The second-order valence-electron chi connectivity index (χ2n) is 4.12. The standard InChI is InChI=1S/C15H19N3O/c1-3-19-10-9-14-17-13(11-15(16-2)18-14)12-7-5-4-6-8-12/h4-8,11H,3,9-10H2,1-2H3,(H,16,17,18). The Labute approximate surface area is 113 Å². The van der Waals surface area contributed by atoms with Crippen LogP contribution in [-0.4, -0.2) is 30.2 Å². The summed E-state index contributed by atoms with van der Waals surface area (Å²) in [5, 5.41) is 3.08. The molecule has 0 bridgehead atoms. The lowest BCUT2D eigenvalue weighted by molar-refractivity contribution is 0.149. The maximum atomic E-state index is 5.36. The summed E-state index contributed by atoms with van der Waals surface area (Å²) in [6.45, 7) is 3.36. The molecular weight excluding hydrogens is 238 g/mol. The fraction of sp³-hybridized carbons (Fsp3) is 0.333. The molecule has 100 valence electrons. The lowest BCUT2D eigenvalue weighted by Gasteiger charge is -2.08. The Kier molecular flexibility index (Phi) is 4.86. The number of ether oxygens (including phenoxy) is 1. The molecule has 4 heteroatoms. The van der Waals surface area contributed by atoms with Crippen LogP contribution in [0.25, 0.3) is 11.3 Å². The fourth-order valence-corrected chi connectivity index (χ4v) is 1.80. The first-order chi connectivity index (χ1) is 9.33. The third-order valence-electron chi connectivity index (χ3n) is 2.77. The van der Waals surface area contributed by atoms with Crippen molar-refractivity contribution in [2.45, 2.75) is 13.3 Å². The number of anilines is 1. The smallest absolute Gasteiger partial charge is 0.133 e. The molecule has 2 aromatic rings. The molecule has 1 heterocycles. The maximum Gasteiger partial charge on any atom is 0.133 e. The van der Waals surface area contributed by atoms with Gasteiger partial charge in [0.2, 0.25) is 0 Å². The van der Waals surface area contributed by atoms with E-state index in [1.54, 1.807) is 0 Å². The molecule has 1 N–H and O–H groups in total. The highest BCUT2D eigenvalue weighted by Gasteiger charge is 2.05. The second-order valence-corrected chi connectivity index (χ2v) is 4.12. The van der Waals surface area contributed by atoms with E-state index < -0.39 is 0 Å². The van der Waals surface area contributed by atoms with Gasteiger partial charge in [-0.05, 0) is 6.92 Å². The van der Waals surface area contributed by atoms with Gasteiger partial charge in [0, 0.05) is 31.7 Å². The van der Waals surface area contributed by atoms with Crippen molar-refractivity contribution in [3.05, 3.63) is 42.2 Å². The van der Waals surface area contributed by atoms with Crippen molar-refractivity contribution < 1.29 is 4.74 Å². The van der Waals surface area contributed by atoms with Gasteiger partial charge in [0.05, 0.1) is 12.3 Å². The van der Waals surface area contributed by atoms with Gasteiger partial charge in [-0.15, -0.1) is 0 Å². The Bertz CT molecular complexity index is 514. The number of nitrogens with zero attached hydrogens (tertiary/aromatic N) is 2. The molecule has 1 aromatic heterocycles. The van der Waals surface area contributed by atoms with E-state index in [4.69, 9.17) is 4.74 Å². The molecule has 0 amide bonds. The van der Waals surface area contributed by atoms with Crippen LogP contribution in [0.2, 0.25) is 0 Å². The number of nitrogens with one attached hydrogen (secondary N) is 1. The highest BCUT2D eigenvalue weighted by molar-refractivity contribution is 5.62. The number of hydrogen-bond donors (Lipinski definition) is 1. The van der Waals surface area contributed by atoms with E-state index in [1.165, 1.54) is 0 Å². The van der Waals surface area contributed by atoms with E-state index in [-0.39, 0.29) is 0 Å². The van der Waals surface area contributed by atoms with Gasteiger partial charge < -0.3 is 10.1 Å². The van der Waals surface area contributed by atoms with E-state index in [0.29, 0.717) is 6.61 Å². The van der Waals surface area contributed by atoms with Crippen molar-refractivity contribution in [1.82, 2.24) is 9.97 Å². The molecule has 2 rings (SSSR count). The number of benzene rings is 1. The van der Waals surface area contributed by atoms with Crippen LogP contribution >= 0.6 is 0 Å².